The summed E-state index contributed by atoms with van der Waals surface area (Å²) in [5.41, 5.74) is -0.0767. The van der Waals surface area contributed by atoms with E-state index in [9.17, 15) is 9.90 Å². The summed E-state index contributed by atoms with van der Waals surface area (Å²) < 4.78 is 0. The van der Waals surface area contributed by atoms with E-state index in [-0.39, 0.29) is 22.8 Å². The Labute approximate surface area is 111 Å². The molecule has 18 heavy (non-hydrogen) atoms. The molecule has 5 heteroatoms. The lowest BCUT2D eigenvalue weighted by atomic mass is 9.83. The number of amides is 1. The Morgan fingerprint density at radius 3 is 2.78 bits per heavy atom. The first-order valence-corrected chi connectivity index (χ1v) is 6.72. The number of alkyl halides is 1. The van der Waals surface area contributed by atoms with Crippen LogP contribution in [0.5, 0.6) is 5.75 Å². The molecule has 0 aromatic carbocycles. The van der Waals surface area contributed by atoms with Crippen LogP contribution in [0.3, 0.4) is 0 Å². The van der Waals surface area contributed by atoms with Crippen LogP contribution in [0, 0.1) is 0 Å². The zero-order chi connectivity index (χ0) is 13.0. The van der Waals surface area contributed by atoms with E-state index in [1.165, 1.54) is 24.9 Å². The number of hydrogen-bond donors (Lipinski definition) is 2. The minimum Gasteiger partial charge on any atom is -0.505 e. The molecule has 0 atom stereocenters. The number of nitrogens with zero attached hydrogens (tertiary/aromatic N) is 1. The Hall–Kier alpha value is -1.29. The van der Waals surface area contributed by atoms with E-state index in [0.29, 0.717) is 5.88 Å². The molecule has 1 aromatic heterocycles. The number of nitrogens with one attached hydrogen (secondary N) is 1. The van der Waals surface area contributed by atoms with Crippen molar-refractivity contribution in [1.29, 1.82) is 0 Å². The van der Waals surface area contributed by atoms with Gasteiger partial charge in [-0.15, -0.1) is 11.6 Å². The molecule has 0 aliphatic heterocycles. The predicted octanol–water partition coefficient (Wildman–Crippen LogP) is 2.46. The van der Waals surface area contributed by atoms with Gasteiger partial charge in [0.05, 0.1) is 17.3 Å². The zero-order valence-electron chi connectivity index (χ0n) is 10.2. The summed E-state index contributed by atoms with van der Waals surface area (Å²) in [4.78, 5) is 15.9. The van der Waals surface area contributed by atoms with Gasteiger partial charge in [-0.25, -0.2) is 0 Å². The van der Waals surface area contributed by atoms with Crippen molar-refractivity contribution in [2.45, 2.75) is 37.6 Å². The molecule has 1 aliphatic carbocycles. The summed E-state index contributed by atoms with van der Waals surface area (Å²) in [5.74, 6) is 0.0258. The van der Waals surface area contributed by atoms with Crippen molar-refractivity contribution in [3.8, 4) is 5.75 Å². The van der Waals surface area contributed by atoms with Crippen molar-refractivity contribution in [3.63, 3.8) is 0 Å². The molecular weight excluding hydrogens is 252 g/mol. The van der Waals surface area contributed by atoms with Crippen LogP contribution in [0.4, 0.5) is 0 Å². The van der Waals surface area contributed by atoms with E-state index in [0.717, 1.165) is 25.7 Å². The molecule has 0 spiro atoms. The number of pyridine rings is 1. The highest BCUT2D eigenvalue weighted by Gasteiger charge is 2.33. The van der Waals surface area contributed by atoms with Crippen LogP contribution in [0.1, 0.15) is 42.5 Å². The first kappa shape index (κ1) is 13.1. The zero-order valence-corrected chi connectivity index (χ0v) is 10.9. The maximum Gasteiger partial charge on any atom is 0.255 e. The summed E-state index contributed by atoms with van der Waals surface area (Å²) in [6.45, 7) is 0. The van der Waals surface area contributed by atoms with Crippen molar-refractivity contribution in [1.82, 2.24) is 10.3 Å². The van der Waals surface area contributed by atoms with Gasteiger partial charge >= 0.3 is 0 Å². The summed E-state index contributed by atoms with van der Waals surface area (Å²) in [6, 6.07) is 1.51. The third-order valence-corrected chi connectivity index (χ3v) is 4.00. The third-order valence-electron chi connectivity index (χ3n) is 3.49. The SMILES string of the molecule is O=C(NC1(CCl)CCCCC1)c1ccncc1O. The smallest absolute Gasteiger partial charge is 0.255 e. The van der Waals surface area contributed by atoms with Crippen LogP contribution in [0.15, 0.2) is 18.5 Å². The standard InChI is InChI=1S/C13H17ClN2O2/c14-9-13(5-2-1-3-6-13)16-12(18)10-4-7-15-8-11(10)17/h4,7-8,17H,1-3,5-6,9H2,(H,16,18). The van der Waals surface area contributed by atoms with Gasteiger partial charge in [0.15, 0.2) is 0 Å². The number of carbonyl (C=O) groups is 1. The number of hydrogen-bond acceptors (Lipinski definition) is 3. The Kier molecular flexibility index (Phi) is 4.07. The second-order valence-electron chi connectivity index (χ2n) is 4.82. The topological polar surface area (TPSA) is 62.2 Å². The highest BCUT2D eigenvalue weighted by molar-refractivity contribution is 6.19. The molecule has 4 nitrogen and oxygen atoms in total. The Balaban J connectivity index is 2.13. The summed E-state index contributed by atoms with van der Waals surface area (Å²) in [5, 5.41) is 12.6. The second kappa shape index (κ2) is 5.57. The van der Waals surface area contributed by atoms with E-state index < -0.39 is 0 Å². The lowest BCUT2D eigenvalue weighted by molar-refractivity contribution is 0.0882. The summed E-state index contributed by atoms with van der Waals surface area (Å²) in [6.07, 6.45) is 7.90. The van der Waals surface area contributed by atoms with Crippen molar-refractivity contribution < 1.29 is 9.90 Å². The molecule has 1 saturated carbocycles. The molecule has 2 N–H and O–H groups in total. The molecule has 0 unspecified atom stereocenters. The quantitative estimate of drug-likeness (QED) is 0.828. The molecule has 1 amide bonds. The number of aromatic hydroxyl groups is 1. The highest BCUT2D eigenvalue weighted by atomic mass is 35.5. The van der Waals surface area contributed by atoms with Gasteiger partial charge in [0.25, 0.3) is 5.91 Å². The van der Waals surface area contributed by atoms with Crippen molar-refractivity contribution in [3.05, 3.63) is 24.0 Å². The molecule has 2 rings (SSSR count). The van der Waals surface area contributed by atoms with Crippen molar-refractivity contribution in [2.24, 2.45) is 0 Å². The van der Waals surface area contributed by atoms with Crippen LogP contribution in [0.2, 0.25) is 0 Å². The number of aromatic nitrogens is 1. The van der Waals surface area contributed by atoms with Gasteiger partial charge in [-0.05, 0) is 18.9 Å². The van der Waals surface area contributed by atoms with Gasteiger partial charge < -0.3 is 10.4 Å². The lowest BCUT2D eigenvalue weighted by Gasteiger charge is -2.36. The third kappa shape index (κ3) is 2.75. The highest BCUT2D eigenvalue weighted by Crippen LogP contribution is 2.30. The first-order valence-electron chi connectivity index (χ1n) is 6.18. The lowest BCUT2D eigenvalue weighted by Crippen LogP contribution is -2.51. The fourth-order valence-electron chi connectivity index (χ4n) is 2.41. The molecule has 0 saturated heterocycles. The van der Waals surface area contributed by atoms with Crippen LogP contribution < -0.4 is 5.32 Å². The number of halogens is 1. The Morgan fingerprint density at radius 1 is 1.44 bits per heavy atom. The molecule has 1 fully saturated rings. The van der Waals surface area contributed by atoms with Crippen LogP contribution in [-0.4, -0.2) is 27.4 Å². The maximum atomic E-state index is 12.1. The van der Waals surface area contributed by atoms with Crippen molar-refractivity contribution in [2.75, 3.05) is 5.88 Å². The Bertz CT molecular complexity index is 431. The van der Waals surface area contributed by atoms with Gasteiger partial charge in [-0.2, -0.15) is 0 Å². The average Bonchev–Trinajstić information content (AvgIpc) is 2.40. The minimum absolute atomic E-state index is 0.101. The van der Waals surface area contributed by atoms with Gasteiger partial charge in [0, 0.05) is 12.1 Å². The fraction of sp³-hybridized carbons (Fsp3) is 0.538. The maximum absolute atomic E-state index is 12.1. The van der Waals surface area contributed by atoms with E-state index in [1.807, 2.05) is 0 Å². The van der Waals surface area contributed by atoms with Gasteiger partial charge in [0.1, 0.15) is 5.75 Å². The number of carbonyl (C=O) groups excluding carboxylic acids is 1. The molecule has 0 radical (unpaired) electrons. The molecule has 1 heterocycles. The van der Waals surface area contributed by atoms with E-state index in [1.54, 1.807) is 0 Å². The monoisotopic (exact) mass is 268 g/mol. The molecule has 1 aromatic rings. The van der Waals surface area contributed by atoms with Crippen molar-refractivity contribution >= 4 is 17.5 Å². The largest absolute Gasteiger partial charge is 0.505 e. The first-order chi connectivity index (χ1) is 8.67. The molecular formula is C13H17ClN2O2. The van der Waals surface area contributed by atoms with E-state index >= 15 is 0 Å². The fourth-order valence-corrected chi connectivity index (χ4v) is 2.74. The van der Waals surface area contributed by atoms with E-state index in [2.05, 4.69) is 10.3 Å². The normalized spacial score (nSPS) is 18.3. The average molecular weight is 269 g/mol. The van der Waals surface area contributed by atoms with Crippen LogP contribution in [0.25, 0.3) is 0 Å². The van der Waals surface area contributed by atoms with Crippen LogP contribution >= 0.6 is 11.6 Å². The predicted molar refractivity (Wildman–Crippen MR) is 69.9 cm³/mol. The molecule has 0 bridgehead atoms. The van der Waals surface area contributed by atoms with Crippen LogP contribution in [-0.2, 0) is 0 Å². The number of rotatable bonds is 3. The Morgan fingerprint density at radius 2 is 2.17 bits per heavy atom. The second-order valence-corrected chi connectivity index (χ2v) is 5.09. The molecule has 98 valence electrons. The van der Waals surface area contributed by atoms with Gasteiger partial charge in [0.2, 0.25) is 0 Å². The minimum atomic E-state index is -0.327. The molecule has 1 aliphatic rings. The van der Waals surface area contributed by atoms with Gasteiger partial charge in [-0.3, -0.25) is 9.78 Å². The summed E-state index contributed by atoms with van der Waals surface area (Å²) >= 11 is 6.02. The van der Waals surface area contributed by atoms with E-state index in [4.69, 9.17) is 11.6 Å². The van der Waals surface area contributed by atoms with Gasteiger partial charge in [-0.1, -0.05) is 19.3 Å². The summed E-state index contributed by atoms with van der Waals surface area (Å²) in [7, 11) is 0.